The van der Waals surface area contributed by atoms with Gasteiger partial charge in [0.15, 0.2) is 23.5 Å². The maximum absolute atomic E-state index is 12.3. The number of anilines is 1. The minimum atomic E-state index is -1.24. The molecule has 2 aliphatic rings. The van der Waals surface area contributed by atoms with E-state index in [4.69, 9.17) is 30.5 Å². The third-order valence-corrected chi connectivity index (χ3v) is 5.92. The number of nitrogens with one attached hydrogen (secondary N) is 1. The zero-order valence-electron chi connectivity index (χ0n) is 19.9. The van der Waals surface area contributed by atoms with E-state index in [-0.39, 0.29) is 29.8 Å². The molecule has 1 amide bonds. The quantitative estimate of drug-likeness (QED) is 0.502. The summed E-state index contributed by atoms with van der Waals surface area (Å²) in [7, 11) is 0. The second kappa shape index (κ2) is 8.82. The lowest BCUT2D eigenvalue weighted by Gasteiger charge is -2.33. The van der Waals surface area contributed by atoms with Crippen molar-refractivity contribution in [3.05, 3.63) is 11.5 Å². The number of carbonyl (C=O) groups is 2. The molecule has 192 valence electrons. The normalized spacial score (nSPS) is 28.0. The van der Waals surface area contributed by atoms with Crippen molar-refractivity contribution < 1.29 is 38.7 Å². The molecule has 13 nitrogen and oxygen atoms in total. The first-order valence-electron chi connectivity index (χ1n) is 11.0. The van der Waals surface area contributed by atoms with Crippen molar-refractivity contribution in [2.75, 3.05) is 18.5 Å². The van der Waals surface area contributed by atoms with E-state index in [0.29, 0.717) is 5.39 Å². The molecule has 4 heterocycles. The monoisotopic (exact) mass is 513 g/mol. The van der Waals surface area contributed by atoms with Gasteiger partial charge in [-0.25, -0.2) is 9.48 Å². The second-order valence-electron chi connectivity index (χ2n) is 9.94. The summed E-state index contributed by atoms with van der Waals surface area (Å²) < 4.78 is 24.6. The summed E-state index contributed by atoms with van der Waals surface area (Å²) in [6.45, 7) is 8.13. The number of nitrogens with zero attached hydrogens (tertiary/aromatic N) is 4. The van der Waals surface area contributed by atoms with E-state index in [1.54, 1.807) is 34.6 Å². The number of hydrogen-bond acceptors (Lipinski definition) is 10. The SMILES string of the molecule is CC(C)(C)OC(=O)Nc1nc(Cl)nc2c1cnn2[C@@H]1O[C@H](CO)[C@]2(COC(C)(C)O2)[C@H]1CC(=O)O. The number of hydrogen-bond donors (Lipinski definition) is 3. The Bertz CT molecular complexity index is 1150. The number of ether oxygens (including phenoxy) is 4. The van der Waals surface area contributed by atoms with Gasteiger partial charge in [0.05, 0.1) is 37.1 Å². The number of fused-ring (bicyclic) bond motifs is 1. The number of carboxylic acids is 1. The number of aliphatic hydroxyl groups excluding tert-OH is 1. The Hall–Kier alpha value is -2.58. The molecular formula is C21H28ClN5O8. The molecule has 2 aromatic heterocycles. The summed E-state index contributed by atoms with van der Waals surface area (Å²) in [5.74, 6) is -2.85. The van der Waals surface area contributed by atoms with Gasteiger partial charge in [-0.3, -0.25) is 10.1 Å². The highest BCUT2D eigenvalue weighted by Gasteiger charge is 2.64. The Balaban J connectivity index is 1.76. The Kier molecular flexibility index (Phi) is 6.43. The summed E-state index contributed by atoms with van der Waals surface area (Å²) in [5, 5.41) is 26.8. The van der Waals surface area contributed by atoms with E-state index in [1.165, 1.54) is 10.9 Å². The van der Waals surface area contributed by atoms with Gasteiger partial charge in [-0.15, -0.1) is 0 Å². The maximum Gasteiger partial charge on any atom is 0.413 e. The summed E-state index contributed by atoms with van der Waals surface area (Å²) in [5.41, 5.74) is -1.80. The Morgan fingerprint density at radius 3 is 2.63 bits per heavy atom. The number of carboxylic acid groups (broad SMARTS) is 1. The number of halogens is 1. The Morgan fingerprint density at radius 1 is 1.34 bits per heavy atom. The van der Waals surface area contributed by atoms with Crippen molar-refractivity contribution in [2.45, 2.75) is 70.4 Å². The molecule has 0 aromatic carbocycles. The molecule has 0 unspecified atom stereocenters. The van der Waals surface area contributed by atoms with Crippen molar-refractivity contribution >= 4 is 40.5 Å². The van der Waals surface area contributed by atoms with E-state index in [9.17, 15) is 19.8 Å². The van der Waals surface area contributed by atoms with E-state index in [1.807, 2.05) is 0 Å². The van der Waals surface area contributed by atoms with Crippen LogP contribution < -0.4 is 5.32 Å². The first-order valence-corrected chi connectivity index (χ1v) is 11.4. The average Bonchev–Trinajstić information content (AvgIpc) is 3.35. The summed E-state index contributed by atoms with van der Waals surface area (Å²) in [4.78, 5) is 32.4. The van der Waals surface area contributed by atoms with Crippen molar-refractivity contribution in [2.24, 2.45) is 5.92 Å². The molecule has 14 heteroatoms. The minimum Gasteiger partial charge on any atom is -0.481 e. The zero-order valence-corrected chi connectivity index (χ0v) is 20.7. The summed E-state index contributed by atoms with van der Waals surface area (Å²) in [6.07, 6.45) is -1.61. The molecule has 35 heavy (non-hydrogen) atoms. The molecule has 2 saturated heterocycles. The van der Waals surface area contributed by atoms with Gasteiger partial charge in [-0.2, -0.15) is 15.1 Å². The van der Waals surface area contributed by atoms with Crippen LogP contribution in [0.4, 0.5) is 10.6 Å². The molecule has 2 aliphatic heterocycles. The van der Waals surface area contributed by atoms with Crippen LogP contribution in [0.15, 0.2) is 6.20 Å². The number of rotatable bonds is 5. The fourth-order valence-electron chi connectivity index (χ4n) is 4.47. The van der Waals surface area contributed by atoms with Crippen LogP contribution in [-0.2, 0) is 23.7 Å². The summed E-state index contributed by atoms with van der Waals surface area (Å²) in [6, 6.07) is 0. The molecule has 2 aromatic rings. The highest BCUT2D eigenvalue weighted by molar-refractivity contribution is 6.28. The number of aliphatic carboxylic acids is 1. The lowest BCUT2D eigenvalue weighted by atomic mass is 9.82. The van der Waals surface area contributed by atoms with Gasteiger partial charge in [0.2, 0.25) is 5.28 Å². The molecule has 0 bridgehead atoms. The van der Waals surface area contributed by atoms with Gasteiger partial charge >= 0.3 is 12.1 Å². The van der Waals surface area contributed by atoms with Crippen molar-refractivity contribution in [1.82, 2.24) is 19.7 Å². The van der Waals surface area contributed by atoms with Crippen LogP contribution in [0.25, 0.3) is 11.0 Å². The van der Waals surface area contributed by atoms with Crippen LogP contribution in [0.1, 0.15) is 47.3 Å². The molecule has 0 aliphatic carbocycles. The summed E-state index contributed by atoms with van der Waals surface area (Å²) >= 11 is 6.14. The van der Waals surface area contributed by atoms with Crippen LogP contribution in [0.5, 0.6) is 0 Å². The third kappa shape index (κ3) is 4.91. The highest BCUT2D eigenvalue weighted by atomic mass is 35.5. The van der Waals surface area contributed by atoms with Gasteiger partial charge < -0.3 is 29.2 Å². The number of carbonyl (C=O) groups excluding carboxylic acids is 1. The van der Waals surface area contributed by atoms with Gasteiger partial charge in [-0.1, -0.05) is 0 Å². The predicted octanol–water partition coefficient (Wildman–Crippen LogP) is 2.33. The standard InChI is InChI=1S/C21H28ClN5O8/c1-19(2,3)34-18(31)25-14-10-7-23-27(15(10)26-17(22)24-14)16-11(6-13(29)30)21(12(8-28)33-16)9-32-20(4,5)35-21/h7,11-12,16,28H,6,8-9H2,1-5H3,(H,29,30)(H,24,25,26,31)/t11-,12+,16+,21-/m0/s1. The lowest BCUT2D eigenvalue weighted by Crippen LogP contribution is -2.50. The topological polar surface area (TPSA) is 167 Å². The van der Waals surface area contributed by atoms with Crippen LogP contribution in [-0.4, -0.2) is 78.3 Å². The van der Waals surface area contributed by atoms with Crippen LogP contribution in [0, 0.1) is 5.92 Å². The van der Waals surface area contributed by atoms with E-state index in [0.717, 1.165) is 0 Å². The molecular weight excluding hydrogens is 486 g/mol. The van der Waals surface area contributed by atoms with Gasteiger partial charge in [0, 0.05) is 0 Å². The second-order valence-corrected chi connectivity index (χ2v) is 10.3. The van der Waals surface area contributed by atoms with Crippen molar-refractivity contribution in [3.63, 3.8) is 0 Å². The highest BCUT2D eigenvalue weighted by Crippen LogP contribution is 2.52. The first-order chi connectivity index (χ1) is 16.2. The number of aromatic nitrogens is 4. The average molecular weight is 514 g/mol. The van der Waals surface area contributed by atoms with Crippen LogP contribution in [0.2, 0.25) is 5.28 Å². The van der Waals surface area contributed by atoms with Crippen molar-refractivity contribution in [1.29, 1.82) is 0 Å². The van der Waals surface area contributed by atoms with Gasteiger partial charge in [0.25, 0.3) is 0 Å². The predicted molar refractivity (Wildman–Crippen MR) is 121 cm³/mol. The molecule has 2 fully saturated rings. The Morgan fingerprint density at radius 2 is 2.06 bits per heavy atom. The fourth-order valence-corrected chi connectivity index (χ4v) is 4.64. The fraction of sp³-hybridized carbons (Fsp3) is 0.667. The molecule has 1 spiro atoms. The van der Waals surface area contributed by atoms with Gasteiger partial charge in [-0.05, 0) is 46.2 Å². The first kappa shape index (κ1) is 25.5. The maximum atomic E-state index is 12.3. The zero-order chi connectivity index (χ0) is 25.8. The largest absolute Gasteiger partial charge is 0.481 e. The van der Waals surface area contributed by atoms with Crippen LogP contribution >= 0.6 is 11.6 Å². The van der Waals surface area contributed by atoms with E-state index >= 15 is 0 Å². The van der Waals surface area contributed by atoms with E-state index < -0.39 is 53.9 Å². The molecule has 0 saturated carbocycles. The molecule has 0 radical (unpaired) electrons. The van der Waals surface area contributed by atoms with Crippen LogP contribution in [0.3, 0.4) is 0 Å². The molecule has 4 atom stereocenters. The number of amides is 1. The molecule has 4 rings (SSSR count). The third-order valence-electron chi connectivity index (χ3n) is 5.75. The Labute approximate surface area is 205 Å². The van der Waals surface area contributed by atoms with Gasteiger partial charge in [0.1, 0.15) is 17.3 Å². The lowest BCUT2D eigenvalue weighted by molar-refractivity contribution is -0.184. The molecule has 3 N–H and O–H groups in total. The smallest absolute Gasteiger partial charge is 0.413 e. The number of aliphatic hydroxyl groups is 1. The minimum absolute atomic E-state index is 0.0140. The van der Waals surface area contributed by atoms with Crippen molar-refractivity contribution in [3.8, 4) is 0 Å². The van der Waals surface area contributed by atoms with E-state index in [2.05, 4.69) is 20.4 Å².